The molecule has 1 aliphatic rings. The van der Waals surface area contributed by atoms with Gasteiger partial charge >= 0.3 is 0 Å². The zero-order chi connectivity index (χ0) is 24.4. The fourth-order valence-corrected chi connectivity index (χ4v) is 4.50. The van der Waals surface area contributed by atoms with Crippen molar-refractivity contribution in [2.45, 2.75) is 31.9 Å². The van der Waals surface area contributed by atoms with Crippen LogP contribution in [0.15, 0.2) is 54.9 Å². The van der Waals surface area contributed by atoms with Gasteiger partial charge in [-0.15, -0.1) is 0 Å². The summed E-state index contributed by atoms with van der Waals surface area (Å²) in [6.45, 7) is 1.28. The molecule has 1 fully saturated rings. The van der Waals surface area contributed by atoms with Crippen LogP contribution in [0.4, 0.5) is 24.7 Å². The predicted octanol–water partition coefficient (Wildman–Crippen LogP) is 6.05. The molecule has 1 unspecified atom stereocenters. The van der Waals surface area contributed by atoms with Gasteiger partial charge in [-0.05, 0) is 62.8 Å². The number of piperidine rings is 1. The quantitative estimate of drug-likeness (QED) is 0.364. The van der Waals surface area contributed by atoms with E-state index in [2.05, 4.69) is 27.2 Å². The van der Waals surface area contributed by atoms with Crippen molar-refractivity contribution in [3.63, 3.8) is 0 Å². The largest absolute Gasteiger partial charge is 0.340 e. The van der Waals surface area contributed by atoms with E-state index in [1.54, 1.807) is 24.4 Å². The van der Waals surface area contributed by atoms with Crippen molar-refractivity contribution < 1.29 is 13.2 Å². The van der Waals surface area contributed by atoms with Crippen molar-refractivity contribution in [3.8, 4) is 11.4 Å². The Morgan fingerprint density at radius 3 is 2.74 bits per heavy atom. The Morgan fingerprint density at radius 2 is 2.00 bits per heavy atom. The van der Waals surface area contributed by atoms with Crippen LogP contribution < -0.4 is 5.32 Å². The van der Waals surface area contributed by atoms with Crippen LogP contribution in [0.2, 0.25) is 0 Å². The molecule has 0 aromatic carbocycles. The topological polar surface area (TPSA) is 66.8 Å². The summed E-state index contributed by atoms with van der Waals surface area (Å²) >= 11 is 0. The lowest BCUT2D eigenvalue weighted by Crippen LogP contribution is -2.31. The maximum Gasteiger partial charge on any atom is 0.265 e. The van der Waals surface area contributed by atoms with Gasteiger partial charge < -0.3 is 10.2 Å². The maximum atomic E-state index is 13.6. The van der Waals surface area contributed by atoms with Gasteiger partial charge in [0, 0.05) is 47.1 Å². The first-order valence-corrected chi connectivity index (χ1v) is 11.5. The number of fused-ring (bicyclic) bond motifs is 1. The first-order valence-electron chi connectivity index (χ1n) is 11.5. The van der Waals surface area contributed by atoms with E-state index < -0.39 is 13.1 Å². The highest BCUT2D eigenvalue weighted by Gasteiger charge is 2.22. The van der Waals surface area contributed by atoms with Gasteiger partial charge in [0.15, 0.2) is 5.65 Å². The molecule has 1 N–H and O–H groups in total. The monoisotopic (exact) mass is 478 g/mol. The first kappa shape index (κ1) is 23.2. The third kappa shape index (κ3) is 4.95. The highest BCUT2D eigenvalue weighted by Crippen LogP contribution is 2.33. The molecule has 0 amide bonds. The minimum atomic E-state index is -2.57. The molecule has 0 saturated carbocycles. The number of anilines is 2. The second-order valence-electron chi connectivity index (χ2n) is 8.81. The van der Waals surface area contributed by atoms with Gasteiger partial charge in [0.05, 0.1) is 17.1 Å². The van der Waals surface area contributed by atoms with Gasteiger partial charge in [-0.1, -0.05) is 6.07 Å². The zero-order valence-corrected chi connectivity index (χ0v) is 19.3. The van der Waals surface area contributed by atoms with E-state index in [0.717, 1.165) is 42.7 Å². The number of hydrogen-bond acceptors (Lipinski definition) is 6. The third-order valence-electron chi connectivity index (χ3n) is 6.31. The summed E-state index contributed by atoms with van der Waals surface area (Å²) in [6.07, 6.45) is 2.29. The van der Waals surface area contributed by atoms with Gasteiger partial charge in [0.25, 0.3) is 6.43 Å². The Balaban J connectivity index is 1.59. The Labute approximate surface area is 201 Å². The number of nitrogens with one attached hydrogen (secondary N) is 1. The zero-order valence-electron chi connectivity index (χ0n) is 19.3. The average Bonchev–Trinajstić information content (AvgIpc) is 2.88. The van der Waals surface area contributed by atoms with Crippen molar-refractivity contribution in [1.29, 1.82) is 0 Å². The van der Waals surface area contributed by atoms with Crippen LogP contribution in [0.25, 0.3) is 22.4 Å². The lowest BCUT2D eigenvalue weighted by Gasteiger charge is -2.29. The van der Waals surface area contributed by atoms with Crippen LogP contribution in [0.1, 0.15) is 42.0 Å². The van der Waals surface area contributed by atoms with Crippen molar-refractivity contribution in [3.05, 3.63) is 71.7 Å². The van der Waals surface area contributed by atoms with Gasteiger partial charge in [-0.25, -0.2) is 28.1 Å². The first-order chi connectivity index (χ1) is 17.0. The summed E-state index contributed by atoms with van der Waals surface area (Å²) in [4.78, 5) is 20.4. The summed E-state index contributed by atoms with van der Waals surface area (Å²) in [5.41, 5.74) is 3.50. The number of rotatable bonds is 6. The van der Waals surface area contributed by atoms with E-state index >= 15 is 0 Å². The van der Waals surface area contributed by atoms with Gasteiger partial charge in [0.1, 0.15) is 12.5 Å². The summed E-state index contributed by atoms with van der Waals surface area (Å²) in [7, 11) is 2.09. The highest BCUT2D eigenvalue weighted by atomic mass is 19.3. The van der Waals surface area contributed by atoms with Crippen LogP contribution in [-0.2, 0) is 6.67 Å². The molecule has 4 aromatic heterocycles. The molecule has 0 aliphatic carbocycles. The molecular weight excluding hydrogens is 453 g/mol. The van der Waals surface area contributed by atoms with E-state index in [0.29, 0.717) is 28.4 Å². The molecule has 4 aromatic rings. The lowest BCUT2D eigenvalue weighted by molar-refractivity contribution is 0.151. The molecule has 0 spiro atoms. The number of halogens is 3. The standard InChI is InChI=1S/C26H25F3N6/c1-35-11-3-5-18(15-35)21-12-22(32-23-9-6-17(14-31-23)25(28)29)19-7-8-20(33-26(19)34-21)24-16(13-27)4-2-10-30-24/h2,4,6-10,12,14,18,25H,3,5,11,13,15H2,1H3,(H,31,32,33,34). The molecule has 35 heavy (non-hydrogen) atoms. The molecule has 0 bridgehead atoms. The fourth-order valence-electron chi connectivity index (χ4n) is 4.50. The van der Waals surface area contributed by atoms with Crippen molar-refractivity contribution >= 4 is 22.5 Å². The molecule has 180 valence electrons. The van der Waals surface area contributed by atoms with Crippen LogP contribution >= 0.6 is 0 Å². The SMILES string of the molecule is CN1CCCC(c2cc(Nc3ccc(C(F)F)cn3)c3ccc(-c4ncccc4CF)nc3n2)C1. The Morgan fingerprint density at radius 1 is 1.11 bits per heavy atom. The van der Waals surface area contributed by atoms with Crippen LogP contribution in [0.3, 0.4) is 0 Å². The summed E-state index contributed by atoms with van der Waals surface area (Å²) in [5, 5.41) is 4.01. The van der Waals surface area contributed by atoms with Crippen molar-refractivity contribution in [2.24, 2.45) is 0 Å². The molecule has 1 aliphatic heterocycles. The Kier molecular flexibility index (Phi) is 6.59. The summed E-state index contributed by atoms with van der Waals surface area (Å²) < 4.78 is 39.5. The lowest BCUT2D eigenvalue weighted by atomic mass is 9.94. The molecular formula is C26H25F3N6. The number of aromatic nitrogens is 4. The molecule has 0 radical (unpaired) electrons. The Bertz CT molecular complexity index is 1330. The predicted molar refractivity (Wildman–Crippen MR) is 130 cm³/mol. The number of alkyl halides is 3. The Hall–Kier alpha value is -3.59. The van der Waals surface area contributed by atoms with Gasteiger partial charge in [-0.2, -0.15) is 0 Å². The molecule has 1 saturated heterocycles. The molecule has 1 atom stereocenters. The van der Waals surface area contributed by atoms with Gasteiger partial charge in [-0.3, -0.25) is 4.98 Å². The van der Waals surface area contributed by atoms with E-state index in [4.69, 9.17) is 9.97 Å². The molecule has 6 nitrogen and oxygen atoms in total. The number of hydrogen-bond donors (Lipinski definition) is 1. The number of likely N-dealkylation sites (N-methyl/N-ethyl adjacent to an activating group) is 1. The van der Waals surface area contributed by atoms with Crippen LogP contribution in [-0.4, -0.2) is 45.0 Å². The highest BCUT2D eigenvalue weighted by molar-refractivity contribution is 5.92. The number of nitrogens with zero attached hydrogens (tertiary/aromatic N) is 5. The van der Waals surface area contributed by atoms with Crippen molar-refractivity contribution in [2.75, 3.05) is 25.5 Å². The van der Waals surface area contributed by atoms with E-state index in [1.807, 2.05) is 12.1 Å². The fraction of sp³-hybridized carbons (Fsp3) is 0.308. The van der Waals surface area contributed by atoms with E-state index in [-0.39, 0.29) is 11.5 Å². The third-order valence-corrected chi connectivity index (χ3v) is 6.31. The second-order valence-corrected chi connectivity index (χ2v) is 8.81. The minimum absolute atomic E-state index is 0.133. The normalized spacial score (nSPS) is 16.7. The van der Waals surface area contributed by atoms with Crippen LogP contribution in [0, 0.1) is 0 Å². The number of pyridine rings is 4. The second kappa shape index (κ2) is 9.95. The summed E-state index contributed by atoms with van der Waals surface area (Å²) in [6, 6.07) is 11.9. The molecule has 5 rings (SSSR count). The van der Waals surface area contributed by atoms with Gasteiger partial charge in [0.2, 0.25) is 0 Å². The maximum absolute atomic E-state index is 13.6. The average molecular weight is 479 g/mol. The molecule has 5 heterocycles. The van der Waals surface area contributed by atoms with E-state index in [9.17, 15) is 13.2 Å². The van der Waals surface area contributed by atoms with Crippen LogP contribution in [0.5, 0.6) is 0 Å². The van der Waals surface area contributed by atoms with Crippen molar-refractivity contribution in [1.82, 2.24) is 24.8 Å². The molecule has 9 heteroatoms. The van der Waals surface area contributed by atoms with E-state index in [1.165, 1.54) is 18.3 Å². The minimum Gasteiger partial charge on any atom is -0.340 e. The number of likely N-dealkylation sites (tertiary alicyclic amines) is 1. The smallest absolute Gasteiger partial charge is 0.265 e. The summed E-state index contributed by atoms with van der Waals surface area (Å²) in [5.74, 6) is 0.678.